The molecule has 2 rings (SSSR count). The summed E-state index contributed by atoms with van der Waals surface area (Å²) in [4.78, 5) is 4.26. The van der Waals surface area contributed by atoms with E-state index >= 15 is 0 Å². The van der Waals surface area contributed by atoms with Crippen LogP contribution in [0.25, 0.3) is 0 Å². The lowest BCUT2D eigenvalue weighted by molar-refractivity contribution is 0.0978. The largest absolute Gasteiger partial charge is 0.388 e. The summed E-state index contributed by atoms with van der Waals surface area (Å²) in [6.45, 7) is 1.98. The van der Waals surface area contributed by atoms with Crippen LogP contribution in [0, 0.1) is 12.8 Å². The van der Waals surface area contributed by atoms with Crippen LogP contribution in [0.15, 0.2) is 18.3 Å². The molecule has 0 aliphatic heterocycles. The minimum absolute atomic E-state index is 0.313. The van der Waals surface area contributed by atoms with Gasteiger partial charge in [0.2, 0.25) is 0 Å². The quantitative estimate of drug-likeness (QED) is 0.773. The highest BCUT2D eigenvalue weighted by molar-refractivity contribution is 5.21. The van der Waals surface area contributed by atoms with Crippen molar-refractivity contribution in [3.05, 3.63) is 29.6 Å². The van der Waals surface area contributed by atoms with Crippen LogP contribution in [0.5, 0.6) is 0 Å². The number of nitrogens with zero attached hydrogens (tertiary/aromatic N) is 1. The third kappa shape index (κ3) is 2.62. The van der Waals surface area contributed by atoms with Crippen molar-refractivity contribution in [1.29, 1.82) is 0 Å². The molecule has 1 unspecified atom stereocenters. The van der Waals surface area contributed by atoms with Gasteiger partial charge >= 0.3 is 0 Å². The van der Waals surface area contributed by atoms with Gasteiger partial charge in [-0.15, -0.1) is 0 Å². The zero-order valence-electron chi connectivity index (χ0n) is 10.0. The normalized spacial score (nSPS) is 20.4. The van der Waals surface area contributed by atoms with Crippen LogP contribution in [0.1, 0.15) is 55.9 Å². The Morgan fingerprint density at radius 3 is 2.56 bits per heavy atom. The maximum Gasteiger partial charge on any atom is 0.0835 e. The van der Waals surface area contributed by atoms with Crippen molar-refractivity contribution < 1.29 is 5.11 Å². The summed E-state index contributed by atoms with van der Waals surface area (Å²) in [6.07, 6.45) is 8.99. The molecule has 0 spiro atoms. The van der Waals surface area contributed by atoms with Crippen LogP contribution in [-0.4, -0.2) is 10.1 Å². The number of hydrogen-bond donors (Lipinski definition) is 1. The highest BCUT2D eigenvalue weighted by Gasteiger charge is 2.23. The van der Waals surface area contributed by atoms with Crippen LogP contribution in [-0.2, 0) is 0 Å². The second-order valence-corrected chi connectivity index (χ2v) is 4.87. The van der Waals surface area contributed by atoms with Gasteiger partial charge in [-0.2, -0.15) is 0 Å². The zero-order valence-corrected chi connectivity index (χ0v) is 10.0. The molecule has 2 nitrogen and oxygen atoms in total. The summed E-state index contributed by atoms with van der Waals surface area (Å²) in [5.41, 5.74) is 1.99. The monoisotopic (exact) mass is 219 g/mol. The molecule has 1 heterocycles. The molecular weight excluding hydrogens is 198 g/mol. The molecule has 0 saturated heterocycles. The minimum Gasteiger partial charge on any atom is -0.388 e. The molecular formula is C14H21NO. The molecule has 1 saturated carbocycles. The number of hydrogen-bond acceptors (Lipinski definition) is 2. The number of aliphatic hydroxyl groups excluding tert-OH is 1. The van der Waals surface area contributed by atoms with Gasteiger partial charge in [-0.25, -0.2) is 0 Å². The van der Waals surface area contributed by atoms with Gasteiger partial charge in [-0.3, -0.25) is 4.98 Å². The molecule has 0 aromatic carbocycles. The number of aromatic nitrogens is 1. The summed E-state index contributed by atoms with van der Waals surface area (Å²) in [5.74, 6) is 0.436. The van der Waals surface area contributed by atoms with E-state index in [-0.39, 0.29) is 6.10 Å². The fourth-order valence-electron chi connectivity index (χ4n) is 2.69. The molecule has 1 aliphatic carbocycles. The maximum absolute atomic E-state index is 10.4. The Hall–Kier alpha value is -0.890. The van der Waals surface area contributed by atoms with Crippen molar-refractivity contribution in [1.82, 2.24) is 4.98 Å². The van der Waals surface area contributed by atoms with Crippen LogP contribution in [0.2, 0.25) is 0 Å². The molecule has 2 heteroatoms. The summed E-state index contributed by atoms with van der Waals surface area (Å²) in [7, 11) is 0. The van der Waals surface area contributed by atoms with Gasteiger partial charge in [-0.1, -0.05) is 31.7 Å². The van der Waals surface area contributed by atoms with Gasteiger partial charge in [-0.05, 0) is 31.7 Å². The zero-order chi connectivity index (χ0) is 11.4. The van der Waals surface area contributed by atoms with Crippen LogP contribution < -0.4 is 0 Å². The Labute approximate surface area is 97.7 Å². The van der Waals surface area contributed by atoms with Crippen molar-refractivity contribution in [2.45, 2.75) is 51.6 Å². The van der Waals surface area contributed by atoms with Crippen molar-refractivity contribution in [3.63, 3.8) is 0 Å². The van der Waals surface area contributed by atoms with Gasteiger partial charge < -0.3 is 5.11 Å². The summed E-state index contributed by atoms with van der Waals surface area (Å²) >= 11 is 0. The topological polar surface area (TPSA) is 33.1 Å². The molecule has 1 aromatic rings. The van der Waals surface area contributed by atoms with Crippen LogP contribution in [0.4, 0.5) is 0 Å². The molecule has 16 heavy (non-hydrogen) atoms. The number of rotatable bonds is 2. The molecule has 88 valence electrons. The lowest BCUT2D eigenvalue weighted by Gasteiger charge is -2.22. The maximum atomic E-state index is 10.4. The van der Waals surface area contributed by atoms with E-state index in [4.69, 9.17) is 0 Å². The predicted molar refractivity (Wildman–Crippen MR) is 65.1 cm³/mol. The van der Waals surface area contributed by atoms with Gasteiger partial charge in [0.1, 0.15) is 0 Å². The summed E-state index contributed by atoms with van der Waals surface area (Å²) < 4.78 is 0. The lowest BCUT2D eigenvalue weighted by Crippen LogP contribution is -2.13. The van der Waals surface area contributed by atoms with Gasteiger partial charge in [0.15, 0.2) is 0 Å². The first-order valence-electron chi connectivity index (χ1n) is 6.38. The van der Waals surface area contributed by atoms with Crippen LogP contribution >= 0.6 is 0 Å². The summed E-state index contributed by atoms with van der Waals surface area (Å²) in [6, 6.07) is 3.93. The Balaban J connectivity index is 2.11. The van der Waals surface area contributed by atoms with Crippen molar-refractivity contribution in [2.24, 2.45) is 5.92 Å². The molecule has 1 aliphatic rings. The predicted octanol–water partition coefficient (Wildman–Crippen LogP) is 3.39. The Morgan fingerprint density at radius 1 is 1.25 bits per heavy atom. The Bertz CT molecular complexity index is 329. The molecule has 1 aromatic heterocycles. The second kappa shape index (κ2) is 5.44. The average Bonchev–Trinajstić information content (AvgIpc) is 2.57. The lowest BCUT2D eigenvalue weighted by atomic mass is 9.89. The molecule has 1 fully saturated rings. The number of aryl methyl sites for hydroxylation is 1. The molecule has 1 atom stereocenters. The highest BCUT2D eigenvalue weighted by atomic mass is 16.3. The fourth-order valence-corrected chi connectivity index (χ4v) is 2.69. The van der Waals surface area contributed by atoms with Gasteiger partial charge in [0.05, 0.1) is 6.10 Å². The molecule has 0 bridgehead atoms. The van der Waals surface area contributed by atoms with E-state index in [0.717, 1.165) is 24.1 Å². The van der Waals surface area contributed by atoms with Crippen molar-refractivity contribution in [3.8, 4) is 0 Å². The minimum atomic E-state index is -0.313. The van der Waals surface area contributed by atoms with E-state index in [0.29, 0.717) is 5.92 Å². The molecule has 0 amide bonds. The third-order valence-corrected chi connectivity index (χ3v) is 3.71. The van der Waals surface area contributed by atoms with E-state index in [9.17, 15) is 5.11 Å². The Morgan fingerprint density at radius 2 is 1.94 bits per heavy atom. The third-order valence-electron chi connectivity index (χ3n) is 3.71. The first-order chi connectivity index (χ1) is 7.79. The van der Waals surface area contributed by atoms with E-state index in [2.05, 4.69) is 4.98 Å². The fraction of sp³-hybridized carbons (Fsp3) is 0.643. The SMILES string of the molecule is Cc1ncccc1C(O)C1CCCCCC1. The first-order valence-corrected chi connectivity index (χ1v) is 6.38. The second-order valence-electron chi connectivity index (χ2n) is 4.87. The number of aliphatic hydroxyl groups is 1. The van der Waals surface area contributed by atoms with Crippen LogP contribution in [0.3, 0.4) is 0 Å². The van der Waals surface area contributed by atoms with E-state index < -0.39 is 0 Å². The van der Waals surface area contributed by atoms with Crippen molar-refractivity contribution in [2.75, 3.05) is 0 Å². The average molecular weight is 219 g/mol. The summed E-state index contributed by atoms with van der Waals surface area (Å²) in [5, 5.41) is 10.4. The van der Waals surface area contributed by atoms with E-state index in [1.807, 2.05) is 19.1 Å². The number of pyridine rings is 1. The highest BCUT2D eigenvalue weighted by Crippen LogP contribution is 2.33. The van der Waals surface area contributed by atoms with Gasteiger partial charge in [0, 0.05) is 17.5 Å². The molecule has 0 radical (unpaired) electrons. The van der Waals surface area contributed by atoms with Gasteiger partial charge in [0.25, 0.3) is 0 Å². The Kier molecular flexibility index (Phi) is 3.94. The van der Waals surface area contributed by atoms with E-state index in [1.165, 1.54) is 25.7 Å². The van der Waals surface area contributed by atoms with E-state index in [1.54, 1.807) is 6.20 Å². The first kappa shape index (κ1) is 11.6. The van der Waals surface area contributed by atoms with Crippen molar-refractivity contribution >= 4 is 0 Å². The smallest absolute Gasteiger partial charge is 0.0835 e. The molecule has 1 N–H and O–H groups in total. The standard InChI is InChI=1S/C14H21NO/c1-11-13(9-6-10-15-11)14(16)12-7-4-2-3-5-8-12/h6,9-10,12,14,16H,2-5,7-8H2,1H3.